The molecule has 5 nitrogen and oxygen atoms in total. The fourth-order valence-corrected chi connectivity index (χ4v) is 2.42. The van der Waals surface area contributed by atoms with Crippen molar-refractivity contribution < 1.29 is 9.53 Å². The standard InChI is InChI=1S/C14H21N3O2/c1-11(14(15)18)16-7-9-17(10-8-16)12-5-3-4-6-13(12)19-2/h3-6,11H,7-10H2,1-2H3,(H2,15,18)/t11-/m0/s1. The summed E-state index contributed by atoms with van der Waals surface area (Å²) in [4.78, 5) is 15.6. The molecule has 19 heavy (non-hydrogen) atoms. The van der Waals surface area contributed by atoms with E-state index in [1.165, 1.54) is 0 Å². The van der Waals surface area contributed by atoms with E-state index >= 15 is 0 Å². The molecule has 1 aromatic rings. The maximum atomic E-state index is 11.2. The summed E-state index contributed by atoms with van der Waals surface area (Å²) in [7, 11) is 1.68. The van der Waals surface area contributed by atoms with Crippen LogP contribution in [0.4, 0.5) is 5.69 Å². The number of nitrogens with two attached hydrogens (primary N) is 1. The number of piperazine rings is 1. The van der Waals surface area contributed by atoms with Crippen molar-refractivity contribution in [3.05, 3.63) is 24.3 Å². The number of carbonyl (C=O) groups excluding carboxylic acids is 1. The minimum Gasteiger partial charge on any atom is -0.495 e. The van der Waals surface area contributed by atoms with E-state index in [4.69, 9.17) is 10.5 Å². The molecule has 1 aromatic carbocycles. The van der Waals surface area contributed by atoms with Gasteiger partial charge in [-0.05, 0) is 19.1 Å². The minimum atomic E-state index is -0.259. The third-order valence-electron chi connectivity index (χ3n) is 3.70. The van der Waals surface area contributed by atoms with E-state index in [2.05, 4.69) is 15.9 Å². The number of primary amides is 1. The molecule has 0 bridgehead atoms. The molecule has 1 aliphatic heterocycles. The molecule has 1 amide bonds. The van der Waals surface area contributed by atoms with Gasteiger partial charge in [0.15, 0.2) is 0 Å². The third-order valence-corrected chi connectivity index (χ3v) is 3.70. The quantitative estimate of drug-likeness (QED) is 0.868. The summed E-state index contributed by atoms with van der Waals surface area (Å²) in [6, 6.07) is 7.81. The van der Waals surface area contributed by atoms with E-state index in [0.717, 1.165) is 37.6 Å². The number of carbonyl (C=O) groups is 1. The molecule has 0 aromatic heterocycles. The molecule has 2 N–H and O–H groups in total. The average Bonchev–Trinajstić information content (AvgIpc) is 2.46. The Kier molecular flexibility index (Phi) is 4.27. The summed E-state index contributed by atoms with van der Waals surface area (Å²) in [6.07, 6.45) is 0. The number of methoxy groups -OCH3 is 1. The zero-order valence-electron chi connectivity index (χ0n) is 11.5. The number of hydrogen-bond acceptors (Lipinski definition) is 4. The molecule has 0 saturated carbocycles. The maximum Gasteiger partial charge on any atom is 0.234 e. The Morgan fingerprint density at radius 1 is 1.26 bits per heavy atom. The van der Waals surface area contributed by atoms with Gasteiger partial charge >= 0.3 is 0 Å². The highest BCUT2D eigenvalue weighted by molar-refractivity contribution is 5.79. The Morgan fingerprint density at radius 2 is 1.89 bits per heavy atom. The van der Waals surface area contributed by atoms with E-state index < -0.39 is 0 Å². The SMILES string of the molecule is COc1ccccc1N1CCN([C@@H](C)C(N)=O)CC1. The maximum absolute atomic E-state index is 11.2. The number of anilines is 1. The number of amides is 1. The molecule has 1 aliphatic rings. The molecular formula is C14H21N3O2. The van der Waals surface area contributed by atoms with Gasteiger partial charge in [-0.15, -0.1) is 0 Å². The molecule has 0 unspecified atom stereocenters. The molecule has 1 saturated heterocycles. The molecule has 1 fully saturated rings. The van der Waals surface area contributed by atoms with Crippen LogP contribution < -0.4 is 15.4 Å². The average molecular weight is 263 g/mol. The molecule has 5 heteroatoms. The van der Waals surface area contributed by atoms with Crippen LogP contribution in [0.2, 0.25) is 0 Å². The van der Waals surface area contributed by atoms with Crippen LogP contribution in [0.25, 0.3) is 0 Å². The van der Waals surface area contributed by atoms with E-state index in [-0.39, 0.29) is 11.9 Å². The van der Waals surface area contributed by atoms with Crippen molar-refractivity contribution >= 4 is 11.6 Å². The first-order valence-corrected chi connectivity index (χ1v) is 6.55. The Hall–Kier alpha value is -1.75. The normalized spacial score (nSPS) is 18.1. The van der Waals surface area contributed by atoms with E-state index in [1.54, 1.807) is 7.11 Å². The fourth-order valence-electron chi connectivity index (χ4n) is 2.42. The Balaban J connectivity index is 2.02. The van der Waals surface area contributed by atoms with Gasteiger partial charge in [0.2, 0.25) is 5.91 Å². The second-order valence-corrected chi connectivity index (χ2v) is 4.77. The predicted octanol–water partition coefficient (Wildman–Crippen LogP) is 0.691. The molecule has 104 valence electrons. The Labute approximate surface area is 113 Å². The number of hydrogen-bond donors (Lipinski definition) is 1. The van der Waals surface area contributed by atoms with Gasteiger partial charge < -0.3 is 15.4 Å². The lowest BCUT2D eigenvalue weighted by molar-refractivity contribution is -0.122. The third kappa shape index (κ3) is 2.98. The van der Waals surface area contributed by atoms with Crippen LogP contribution in [0.15, 0.2) is 24.3 Å². The number of ether oxygens (including phenoxy) is 1. The van der Waals surface area contributed by atoms with E-state index in [9.17, 15) is 4.79 Å². The largest absolute Gasteiger partial charge is 0.495 e. The molecule has 0 radical (unpaired) electrons. The topological polar surface area (TPSA) is 58.8 Å². The van der Waals surface area contributed by atoms with E-state index in [0.29, 0.717) is 0 Å². The van der Waals surface area contributed by atoms with Crippen molar-refractivity contribution in [1.29, 1.82) is 0 Å². The first-order chi connectivity index (χ1) is 9.13. The summed E-state index contributed by atoms with van der Waals surface area (Å²) in [5.41, 5.74) is 6.45. The Bertz CT molecular complexity index is 442. The number of nitrogens with zero attached hydrogens (tertiary/aromatic N) is 2. The highest BCUT2D eigenvalue weighted by atomic mass is 16.5. The van der Waals surface area contributed by atoms with Gasteiger partial charge in [0.25, 0.3) is 0 Å². The first-order valence-electron chi connectivity index (χ1n) is 6.55. The zero-order chi connectivity index (χ0) is 13.8. The molecule has 0 aliphatic carbocycles. The molecule has 0 spiro atoms. The van der Waals surface area contributed by atoms with Crippen LogP contribution in [-0.4, -0.2) is 50.1 Å². The van der Waals surface area contributed by atoms with Crippen LogP contribution in [0.3, 0.4) is 0 Å². The van der Waals surface area contributed by atoms with Crippen LogP contribution in [0.1, 0.15) is 6.92 Å². The summed E-state index contributed by atoms with van der Waals surface area (Å²) in [5, 5.41) is 0. The van der Waals surface area contributed by atoms with Crippen LogP contribution in [0, 0.1) is 0 Å². The van der Waals surface area contributed by atoms with Gasteiger partial charge in [-0.25, -0.2) is 0 Å². The van der Waals surface area contributed by atoms with Gasteiger partial charge in [-0.3, -0.25) is 9.69 Å². The van der Waals surface area contributed by atoms with E-state index in [1.807, 2.05) is 25.1 Å². The lowest BCUT2D eigenvalue weighted by Gasteiger charge is -2.38. The van der Waals surface area contributed by atoms with Crippen LogP contribution >= 0.6 is 0 Å². The summed E-state index contributed by atoms with van der Waals surface area (Å²) >= 11 is 0. The van der Waals surface area contributed by atoms with Crippen LogP contribution in [0.5, 0.6) is 5.75 Å². The Morgan fingerprint density at radius 3 is 2.47 bits per heavy atom. The lowest BCUT2D eigenvalue weighted by Crippen LogP contribution is -2.53. The lowest BCUT2D eigenvalue weighted by atomic mass is 10.2. The van der Waals surface area contributed by atoms with Gasteiger partial charge in [0.05, 0.1) is 18.8 Å². The van der Waals surface area contributed by atoms with Gasteiger partial charge in [0.1, 0.15) is 5.75 Å². The highest BCUT2D eigenvalue weighted by Gasteiger charge is 2.25. The summed E-state index contributed by atoms with van der Waals surface area (Å²) in [5.74, 6) is 0.629. The van der Waals surface area contributed by atoms with Crippen LogP contribution in [-0.2, 0) is 4.79 Å². The smallest absolute Gasteiger partial charge is 0.234 e. The minimum absolute atomic E-state index is 0.195. The molecular weight excluding hydrogens is 242 g/mol. The van der Waals surface area contributed by atoms with Crippen molar-refractivity contribution in [2.45, 2.75) is 13.0 Å². The highest BCUT2D eigenvalue weighted by Crippen LogP contribution is 2.28. The first kappa shape index (κ1) is 13.7. The molecule has 1 heterocycles. The number of benzene rings is 1. The number of rotatable bonds is 4. The molecule has 2 rings (SSSR count). The second kappa shape index (κ2) is 5.93. The fraction of sp³-hybridized carbons (Fsp3) is 0.500. The van der Waals surface area contributed by atoms with Crippen molar-refractivity contribution in [3.8, 4) is 5.75 Å². The van der Waals surface area contributed by atoms with Crippen molar-refractivity contribution in [3.63, 3.8) is 0 Å². The zero-order valence-corrected chi connectivity index (χ0v) is 11.5. The second-order valence-electron chi connectivity index (χ2n) is 4.77. The van der Waals surface area contributed by atoms with Crippen molar-refractivity contribution in [1.82, 2.24) is 4.90 Å². The van der Waals surface area contributed by atoms with Gasteiger partial charge in [-0.2, -0.15) is 0 Å². The summed E-state index contributed by atoms with van der Waals surface area (Å²) < 4.78 is 5.38. The van der Waals surface area contributed by atoms with Crippen molar-refractivity contribution in [2.75, 3.05) is 38.2 Å². The summed E-state index contributed by atoms with van der Waals surface area (Å²) in [6.45, 7) is 5.28. The van der Waals surface area contributed by atoms with Gasteiger partial charge in [0, 0.05) is 26.2 Å². The van der Waals surface area contributed by atoms with Crippen molar-refractivity contribution in [2.24, 2.45) is 5.73 Å². The monoisotopic (exact) mass is 263 g/mol. The number of para-hydroxylation sites is 2. The molecule has 1 atom stereocenters. The van der Waals surface area contributed by atoms with Gasteiger partial charge in [-0.1, -0.05) is 12.1 Å². The predicted molar refractivity (Wildman–Crippen MR) is 75.4 cm³/mol.